The Kier molecular flexibility index (Phi) is 6.71. The van der Waals surface area contributed by atoms with Gasteiger partial charge in [-0.3, -0.25) is 0 Å². The summed E-state index contributed by atoms with van der Waals surface area (Å²) >= 11 is 0. The van der Waals surface area contributed by atoms with Crippen LogP contribution in [0.4, 0.5) is 0 Å². The molecule has 0 rings (SSSR count). The van der Waals surface area contributed by atoms with E-state index in [1.165, 1.54) is 7.11 Å². The molecule has 0 unspecified atom stereocenters. The number of hydrogen-bond donors (Lipinski definition) is 1. The molecule has 0 aliphatic rings. The van der Waals surface area contributed by atoms with Crippen molar-refractivity contribution in [1.29, 1.82) is 0 Å². The fourth-order valence-electron chi connectivity index (χ4n) is 0.796. The Hall–Kier alpha value is -1.41. The molecule has 0 saturated heterocycles. The van der Waals surface area contributed by atoms with Crippen LogP contribution >= 0.6 is 0 Å². The Morgan fingerprint density at radius 2 is 1.68 bits per heavy atom. The van der Waals surface area contributed by atoms with Gasteiger partial charge in [0.1, 0.15) is 6.61 Å². The highest BCUT2D eigenvalue weighted by Crippen LogP contribution is 2.12. The molecule has 0 fully saturated rings. The Labute approximate surface area is 113 Å². The van der Waals surface area contributed by atoms with Crippen LogP contribution in [0.2, 0.25) is 0 Å². The molecular formula is C11H19NO6S. The lowest BCUT2D eigenvalue weighted by Gasteiger charge is -2.19. The van der Waals surface area contributed by atoms with Crippen LogP contribution in [-0.4, -0.2) is 45.4 Å². The third-order valence-electron chi connectivity index (χ3n) is 2.00. The number of rotatable bonds is 6. The van der Waals surface area contributed by atoms with Crippen LogP contribution in [0.5, 0.6) is 0 Å². The number of carbonyl (C=O) groups is 2. The minimum Gasteiger partial charge on any atom is -0.466 e. The second kappa shape index (κ2) is 7.25. The average molecular weight is 293 g/mol. The standard InChI is InChI=1S/C11H19NO6S/c1-11(2,3)19(15,16)12-7-8-18-10(14)6-5-9(13)17-4/h5-6,12H,7-8H2,1-4H3/b6-5+. The second-order valence-electron chi connectivity index (χ2n) is 4.53. The van der Waals surface area contributed by atoms with Crippen molar-refractivity contribution in [3.05, 3.63) is 12.2 Å². The van der Waals surface area contributed by atoms with Crippen molar-refractivity contribution >= 4 is 22.0 Å². The third-order valence-corrected chi connectivity index (χ3v) is 4.20. The fraction of sp³-hybridized carbons (Fsp3) is 0.636. The molecule has 0 saturated carbocycles. The first kappa shape index (κ1) is 17.6. The summed E-state index contributed by atoms with van der Waals surface area (Å²) in [5.74, 6) is -1.43. The molecule has 7 nitrogen and oxygen atoms in total. The number of methoxy groups -OCH3 is 1. The van der Waals surface area contributed by atoms with E-state index in [1.54, 1.807) is 20.8 Å². The highest BCUT2D eigenvalue weighted by atomic mass is 32.2. The first-order valence-electron chi connectivity index (χ1n) is 5.52. The minimum atomic E-state index is -3.46. The summed E-state index contributed by atoms with van der Waals surface area (Å²) in [6.45, 7) is 4.51. The van der Waals surface area contributed by atoms with Gasteiger partial charge < -0.3 is 9.47 Å². The summed E-state index contributed by atoms with van der Waals surface area (Å²) in [5.41, 5.74) is 0. The van der Waals surface area contributed by atoms with Gasteiger partial charge in [-0.15, -0.1) is 0 Å². The molecule has 0 atom stereocenters. The van der Waals surface area contributed by atoms with E-state index in [4.69, 9.17) is 0 Å². The number of sulfonamides is 1. The van der Waals surface area contributed by atoms with Gasteiger partial charge >= 0.3 is 11.9 Å². The molecule has 8 heteroatoms. The van der Waals surface area contributed by atoms with Crippen LogP contribution in [0.15, 0.2) is 12.2 Å². The number of nitrogens with one attached hydrogen (secondary N) is 1. The van der Waals surface area contributed by atoms with Crippen molar-refractivity contribution in [3.8, 4) is 0 Å². The van der Waals surface area contributed by atoms with Crippen LogP contribution < -0.4 is 4.72 Å². The van der Waals surface area contributed by atoms with Gasteiger partial charge in [-0.25, -0.2) is 22.7 Å². The van der Waals surface area contributed by atoms with E-state index in [0.29, 0.717) is 0 Å². The average Bonchev–Trinajstić information content (AvgIpc) is 2.30. The van der Waals surface area contributed by atoms with Crippen LogP contribution in [0.25, 0.3) is 0 Å². The van der Waals surface area contributed by atoms with E-state index in [1.807, 2.05) is 0 Å². The van der Waals surface area contributed by atoms with E-state index < -0.39 is 26.7 Å². The largest absolute Gasteiger partial charge is 0.466 e. The number of ether oxygens (including phenoxy) is 2. The highest BCUT2D eigenvalue weighted by Gasteiger charge is 2.28. The Morgan fingerprint density at radius 1 is 1.16 bits per heavy atom. The lowest BCUT2D eigenvalue weighted by atomic mass is 10.3. The third kappa shape index (κ3) is 6.92. The molecule has 0 aromatic carbocycles. The summed E-state index contributed by atoms with van der Waals surface area (Å²) in [6.07, 6.45) is 1.83. The van der Waals surface area contributed by atoms with Crippen molar-refractivity contribution in [1.82, 2.24) is 4.72 Å². The Bertz CT molecular complexity index is 446. The first-order valence-corrected chi connectivity index (χ1v) is 7.00. The summed E-state index contributed by atoms with van der Waals surface area (Å²) in [4.78, 5) is 21.8. The molecular weight excluding hydrogens is 274 g/mol. The molecule has 0 amide bonds. The summed E-state index contributed by atoms with van der Waals surface area (Å²) in [6, 6.07) is 0. The van der Waals surface area contributed by atoms with Gasteiger partial charge in [-0.2, -0.15) is 0 Å². The molecule has 0 radical (unpaired) electrons. The molecule has 0 aromatic rings. The van der Waals surface area contributed by atoms with Crippen LogP contribution in [0, 0.1) is 0 Å². The van der Waals surface area contributed by atoms with Gasteiger partial charge in [0.15, 0.2) is 0 Å². The first-order chi connectivity index (χ1) is 8.60. The normalized spacial score (nSPS) is 12.4. The van der Waals surface area contributed by atoms with Crippen molar-refractivity contribution in [2.45, 2.75) is 25.5 Å². The van der Waals surface area contributed by atoms with E-state index in [9.17, 15) is 18.0 Å². The van der Waals surface area contributed by atoms with Gasteiger partial charge in [-0.05, 0) is 20.8 Å². The molecule has 0 bridgehead atoms. The predicted octanol–water partition coefficient (Wildman–Crippen LogP) is -0.0233. The molecule has 1 N–H and O–H groups in total. The molecule has 0 aliphatic carbocycles. The Morgan fingerprint density at radius 3 is 2.16 bits per heavy atom. The quantitative estimate of drug-likeness (QED) is 0.420. The lowest BCUT2D eigenvalue weighted by molar-refractivity contribution is -0.139. The predicted molar refractivity (Wildman–Crippen MR) is 68.8 cm³/mol. The smallest absolute Gasteiger partial charge is 0.331 e. The summed E-state index contributed by atoms with van der Waals surface area (Å²) in [7, 11) is -2.28. The van der Waals surface area contributed by atoms with Gasteiger partial charge in [-0.1, -0.05) is 0 Å². The minimum absolute atomic E-state index is 0.0303. The van der Waals surface area contributed by atoms with Gasteiger partial charge in [0.25, 0.3) is 0 Å². The Balaban J connectivity index is 4.04. The van der Waals surface area contributed by atoms with E-state index >= 15 is 0 Å². The number of hydrogen-bond acceptors (Lipinski definition) is 6. The van der Waals surface area contributed by atoms with Crippen molar-refractivity contribution < 1.29 is 27.5 Å². The van der Waals surface area contributed by atoms with Crippen LogP contribution in [0.1, 0.15) is 20.8 Å². The van der Waals surface area contributed by atoms with Crippen LogP contribution in [0.3, 0.4) is 0 Å². The maximum absolute atomic E-state index is 11.6. The second-order valence-corrected chi connectivity index (χ2v) is 7.05. The molecule has 110 valence electrons. The lowest BCUT2D eigenvalue weighted by Crippen LogP contribution is -2.40. The van der Waals surface area contributed by atoms with E-state index in [-0.39, 0.29) is 13.2 Å². The van der Waals surface area contributed by atoms with Crippen molar-refractivity contribution in [2.24, 2.45) is 0 Å². The molecule has 19 heavy (non-hydrogen) atoms. The van der Waals surface area contributed by atoms with Gasteiger partial charge in [0.2, 0.25) is 10.0 Å². The summed E-state index contributed by atoms with van der Waals surface area (Å²) < 4.78 is 33.6. The van der Waals surface area contributed by atoms with Gasteiger partial charge in [0, 0.05) is 18.7 Å². The van der Waals surface area contributed by atoms with Crippen LogP contribution in [-0.2, 0) is 29.1 Å². The fourth-order valence-corrected chi connectivity index (χ4v) is 1.58. The molecule has 0 aliphatic heterocycles. The van der Waals surface area contributed by atoms with Crippen molar-refractivity contribution in [2.75, 3.05) is 20.3 Å². The van der Waals surface area contributed by atoms with Gasteiger partial charge in [0.05, 0.1) is 11.9 Å². The monoisotopic (exact) mass is 293 g/mol. The molecule has 0 aromatic heterocycles. The zero-order valence-electron chi connectivity index (χ0n) is 11.4. The zero-order chi connectivity index (χ0) is 15.1. The number of esters is 2. The maximum atomic E-state index is 11.6. The number of carbonyl (C=O) groups excluding carboxylic acids is 2. The molecule has 0 heterocycles. The maximum Gasteiger partial charge on any atom is 0.331 e. The zero-order valence-corrected chi connectivity index (χ0v) is 12.2. The van der Waals surface area contributed by atoms with Crippen molar-refractivity contribution in [3.63, 3.8) is 0 Å². The topological polar surface area (TPSA) is 98.8 Å². The molecule has 0 spiro atoms. The highest BCUT2D eigenvalue weighted by molar-refractivity contribution is 7.90. The van der Waals surface area contributed by atoms with E-state index in [0.717, 1.165) is 12.2 Å². The summed E-state index contributed by atoms with van der Waals surface area (Å²) in [5, 5.41) is 0. The van der Waals surface area contributed by atoms with E-state index in [2.05, 4.69) is 14.2 Å². The SMILES string of the molecule is COC(=O)/C=C/C(=O)OCCNS(=O)(=O)C(C)(C)C.